The smallest absolute Gasteiger partial charge is 0.431 e. The third-order valence-corrected chi connectivity index (χ3v) is 6.53. The molecule has 0 N–H and O–H groups in total. The maximum absolute atomic E-state index is 12.4. The second-order valence-corrected chi connectivity index (χ2v) is 8.12. The number of ether oxygens (including phenoxy) is 2. The molecule has 134 valence electrons. The molecular formula is C20H26N2O3. The van der Waals surface area contributed by atoms with Crippen LogP contribution < -0.4 is 0 Å². The number of carbonyl (C=O) groups excluding carboxylic acids is 1. The zero-order chi connectivity index (χ0) is 17.7. The van der Waals surface area contributed by atoms with E-state index in [1.54, 1.807) is 5.01 Å². The minimum Gasteiger partial charge on any atom is -0.442 e. The Morgan fingerprint density at radius 2 is 2.12 bits per heavy atom. The standard InChI is InChI=1S/C20H26N2O3/c1-14(12-24-13-15-7-5-4-6-8-15)21-22-18(23)25-17-11-16-9-10-20(17,22)19(16,2)3/h4-8,16-17H,9-13H2,1-3H3/b21-14+/t16-,17-,20+/m1/s1. The van der Waals surface area contributed by atoms with Gasteiger partial charge in [0.15, 0.2) is 0 Å². The first-order valence-electron chi connectivity index (χ1n) is 9.12. The number of carbonyl (C=O) groups is 1. The summed E-state index contributed by atoms with van der Waals surface area (Å²) in [7, 11) is 0. The predicted molar refractivity (Wildman–Crippen MR) is 95.2 cm³/mol. The number of hydrogen-bond acceptors (Lipinski definition) is 4. The number of benzene rings is 1. The van der Waals surface area contributed by atoms with E-state index in [1.165, 1.54) is 0 Å². The zero-order valence-corrected chi connectivity index (χ0v) is 15.2. The Morgan fingerprint density at radius 1 is 1.36 bits per heavy atom. The maximum Gasteiger partial charge on any atom is 0.431 e. The van der Waals surface area contributed by atoms with Gasteiger partial charge < -0.3 is 9.47 Å². The van der Waals surface area contributed by atoms with Crippen molar-refractivity contribution in [3.8, 4) is 0 Å². The molecular weight excluding hydrogens is 316 g/mol. The summed E-state index contributed by atoms with van der Waals surface area (Å²) in [6, 6.07) is 10.1. The Labute approximate surface area is 149 Å². The van der Waals surface area contributed by atoms with Crippen LogP contribution in [0.2, 0.25) is 0 Å². The molecule has 3 aliphatic rings. The molecule has 1 amide bonds. The summed E-state index contributed by atoms with van der Waals surface area (Å²) < 4.78 is 11.4. The van der Waals surface area contributed by atoms with E-state index in [0.717, 1.165) is 30.5 Å². The van der Waals surface area contributed by atoms with Crippen LogP contribution >= 0.6 is 0 Å². The molecule has 5 nitrogen and oxygen atoms in total. The molecule has 0 radical (unpaired) electrons. The lowest BCUT2D eigenvalue weighted by molar-refractivity contribution is 0.0561. The largest absolute Gasteiger partial charge is 0.442 e. The normalized spacial score (nSPS) is 32.8. The van der Waals surface area contributed by atoms with E-state index in [2.05, 4.69) is 18.9 Å². The number of rotatable bonds is 5. The van der Waals surface area contributed by atoms with Gasteiger partial charge in [-0.1, -0.05) is 44.2 Å². The number of hydrogen-bond donors (Lipinski definition) is 0. The van der Waals surface area contributed by atoms with Gasteiger partial charge >= 0.3 is 6.09 Å². The monoisotopic (exact) mass is 342 g/mol. The number of fused-ring (bicyclic) bond motifs is 1. The van der Waals surface area contributed by atoms with Crippen molar-refractivity contribution in [3.05, 3.63) is 35.9 Å². The number of amides is 1. The van der Waals surface area contributed by atoms with Crippen LogP contribution in [0.1, 0.15) is 45.6 Å². The van der Waals surface area contributed by atoms with Gasteiger partial charge in [0.1, 0.15) is 11.6 Å². The molecule has 25 heavy (non-hydrogen) atoms. The topological polar surface area (TPSA) is 51.1 Å². The molecule has 1 saturated heterocycles. The molecule has 2 bridgehead atoms. The molecule has 4 rings (SSSR count). The highest BCUT2D eigenvalue weighted by Gasteiger charge is 2.73. The van der Waals surface area contributed by atoms with Gasteiger partial charge in [0.2, 0.25) is 0 Å². The molecule has 1 spiro atoms. The molecule has 2 aliphatic carbocycles. The summed E-state index contributed by atoms with van der Waals surface area (Å²) in [6.07, 6.45) is 2.77. The minimum atomic E-state index is -0.305. The van der Waals surface area contributed by atoms with Crippen molar-refractivity contribution in [2.75, 3.05) is 6.61 Å². The Balaban J connectivity index is 1.47. The summed E-state index contributed by atoms with van der Waals surface area (Å²) >= 11 is 0. The van der Waals surface area contributed by atoms with Gasteiger partial charge in [-0.3, -0.25) is 0 Å². The molecule has 0 aromatic heterocycles. The number of hydrazone groups is 1. The van der Waals surface area contributed by atoms with E-state index in [-0.39, 0.29) is 23.2 Å². The van der Waals surface area contributed by atoms with E-state index >= 15 is 0 Å². The lowest BCUT2D eigenvalue weighted by Crippen LogP contribution is -2.53. The van der Waals surface area contributed by atoms with Gasteiger partial charge in [0, 0.05) is 0 Å². The average Bonchev–Trinajstić information content (AvgIpc) is 3.09. The van der Waals surface area contributed by atoms with Crippen molar-refractivity contribution in [1.29, 1.82) is 0 Å². The summed E-state index contributed by atoms with van der Waals surface area (Å²) in [4.78, 5) is 12.4. The third-order valence-electron chi connectivity index (χ3n) is 6.53. The Kier molecular flexibility index (Phi) is 3.87. The summed E-state index contributed by atoms with van der Waals surface area (Å²) in [5.41, 5.74) is 1.69. The quantitative estimate of drug-likeness (QED) is 0.761. The van der Waals surface area contributed by atoms with E-state index in [9.17, 15) is 4.79 Å². The molecule has 0 unspecified atom stereocenters. The van der Waals surface area contributed by atoms with Crippen LogP contribution in [0.5, 0.6) is 0 Å². The van der Waals surface area contributed by atoms with Crippen LogP contribution in [0.3, 0.4) is 0 Å². The predicted octanol–water partition coefficient (Wildman–Crippen LogP) is 3.98. The van der Waals surface area contributed by atoms with Gasteiger partial charge in [-0.25, -0.2) is 4.79 Å². The highest BCUT2D eigenvalue weighted by molar-refractivity contribution is 5.85. The van der Waals surface area contributed by atoms with Gasteiger partial charge in [-0.2, -0.15) is 10.1 Å². The van der Waals surface area contributed by atoms with Gasteiger partial charge in [0.05, 0.1) is 18.9 Å². The molecule has 1 aromatic carbocycles. The van der Waals surface area contributed by atoms with Crippen molar-refractivity contribution in [1.82, 2.24) is 5.01 Å². The lowest BCUT2D eigenvalue weighted by Gasteiger charge is -2.39. The SMILES string of the molecule is C/C(COCc1ccccc1)=N\N1C(=O)O[C@@H]2C[C@H]3CC[C@@]21C3(C)C. The second-order valence-electron chi connectivity index (χ2n) is 8.12. The van der Waals surface area contributed by atoms with Gasteiger partial charge in [-0.15, -0.1) is 0 Å². The average molecular weight is 342 g/mol. The van der Waals surface area contributed by atoms with Crippen molar-refractivity contribution < 1.29 is 14.3 Å². The maximum atomic E-state index is 12.4. The first-order valence-corrected chi connectivity index (χ1v) is 9.12. The lowest BCUT2D eigenvalue weighted by atomic mass is 9.75. The molecule has 3 atom stereocenters. The molecule has 1 aromatic rings. The summed E-state index contributed by atoms with van der Waals surface area (Å²) in [5, 5.41) is 6.29. The van der Waals surface area contributed by atoms with Crippen LogP contribution in [0.25, 0.3) is 0 Å². The number of nitrogens with zero attached hydrogens (tertiary/aromatic N) is 2. The second kappa shape index (κ2) is 5.84. The third kappa shape index (κ3) is 2.40. The van der Waals surface area contributed by atoms with E-state index in [1.807, 2.05) is 37.3 Å². The fraction of sp³-hybridized carbons (Fsp3) is 0.600. The van der Waals surface area contributed by atoms with Crippen molar-refractivity contribution in [3.63, 3.8) is 0 Å². The van der Waals surface area contributed by atoms with Crippen LogP contribution in [-0.4, -0.2) is 35.1 Å². The molecule has 3 fully saturated rings. The minimum absolute atomic E-state index is 0.0180. The van der Waals surface area contributed by atoms with Gasteiger partial charge in [-0.05, 0) is 43.1 Å². The van der Waals surface area contributed by atoms with Crippen LogP contribution in [-0.2, 0) is 16.1 Å². The first-order chi connectivity index (χ1) is 11.9. The Hall–Kier alpha value is -1.88. The van der Waals surface area contributed by atoms with Crippen LogP contribution in [0.15, 0.2) is 35.4 Å². The van der Waals surface area contributed by atoms with Crippen LogP contribution in [0.4, 0.5) is 4.79 Å². The van der Waals surface area contributed by atoms with Crippen LogP contribution in [0, 0.1) is 11.3 Å². The molecule has 2 saturated carbocycles. The van der Waals surface area contributed by atoms with E-state index in [0.29, 0.717) is 19.1 Å². The Morgan fingerprint density at radius 3 is 2.84 bits per heavy atom. The van der Waals surface area contributed by atoms with Gasteiger partial charge in [0.25, 0.3) is 0 Å². The fourth-order valence-corrected chi connectivity index (χ4v) is 5.09. The fourth-order valence-electron chi connectivity index (χ4n) is 5.09. The van der Waals surface area contributed by atoms with Crippen molar-refractivity contribution in [2.24, 2.45) is 16.4 Å². The van der Waals surface area contributed by atoms with Crippen molar-refractivity contribution in [2.45, 2.75) is 58.3 Å². The molecule has 5 heteroatoms. The first kappa shape index (κ1) is 16.6. The summed E-state index contributed by atoms with van der Waals surface area (Å²) in [5.74, 6) is 0.609. The van der Waals surface area contributed by atoms with Crippen molar-refractivity contribution >= 4 is 11.8 Å². The van der Waals surface area contributed by atoms with E-state index in [4.69, 9.17) is 9.47 Å². The summed E-state index contributed by atoms with van der Waals surface area (Å²) in [6.45, 7) is 7.38. The highest BCUT2D eigenvalue weighted by Crippen LogP contribution is 2.65. The molecule has 1 aliphatic heterocycles. The van der Waals surface area contributed by atoms with E-state index < -0.39 is 0 Å². The zero-order valence-electron chi connectivity index (χ0n) is 15.2. The molecule has 1 heterocycles. The highest BCUT2D eigenvalue weighted by atomic mass is 16.6. The Bertz CT molecular complexity index is 700.